The first-order valence-electron chi connectivity index (χ1n) is 7.78. The van der Waals surface area contributed by atoms with Crippen LogP contribution in [0.1, 0.15) is 21.5 Å². The number of thioether (sulfide) groups is 1. The lowest BCUT2D eigenvalue weighted by Crippen LogP contribution is -2.04. The number of methoxy groups -OCH3 is 1. The van der Waals surface area contributed by atoms with Gasteiger partial charge in [-0.2, -0.15) is 0 Å². The quantitative estimate of drug-likeness (QED) is 0.485. The van der Waals surface area contributed by atoms with E-state index in [0.29, 0.717) is 22.4 Å². The van der Waals surface area contributed by atoms with Gasteiger partial charge >= 0.3 is 0 Å². The van der Waals surface area contributed by atoms with Crippen molar-refractivity contribution >= 4 is 17.5 Å². The van der Waals surface area contributed by atoms with Crippen molar-refractivity contribution in [2.24, 2.45) is 0 Å². The van der Waals surface area contributed by atoms with E-state index in [1.54, 1.807) is 19.2 Å². The Kier molecular flexibility index (Phi) is 5.19. The Bertz CT molecular complexity index is 905. The van der Waals surface area contributed by atoms with Crippen molar-refractivity contribution in [2.75, 3.05) is 12.9 Å². The van der Waals surface area contributed by atoms with Gasteiger partial charge in [-0.05, 0) is 49.2 Å². The minimum Gasteiger partial charge on any atom is -0.496 e. The fourth-order valence-corrected chi connectivity index (χ4v) is 2.99. The number of carbonyl (C=O) groups excluding carboxylic acids is 1. The molecule has 128 valence electrons. The number of ether oxygens (including phenoxy) is 1. The number of hydrogen-bond donors (Lipinski definition) is 0. The number of ketones is 1. The zero-order valence-corrected chi connectivity index (χ0v) is 15.1. The number of hydrogen-bond acceptors (Lipinski definition) is 6. The van der Waals surface area contributed by atoms with E-state index >= 15 is 0 Å². The molecule has 0 aliphatic heterocycles. The molecule has 0 N–H and O–H groups in total. The standard InChI is InChI=1S/C19H18N2O3S/c1-12-8-9-14(10-13(12)2)18-20-21-19(24-18)25-11-16(22)15-6-4-5-7-17(15)23-3/h4-10H,11H2,1-3H3. The molecular weight excluding hydrogens is 336 g/mol. The van der Waals surface area contributed by atoms with E-state index in [-0.39, 0.29) is 11.5 Å². The first-order valence-corrected chi connectivity index (χ1v) is 8.77. The maximum atomic E-state index is 12.4. The van der Waals surface area contributed by atoms with Crippen LogP contribution in [-0.4, -0.2) is 28.8 Å². The van der Waals surface area contributed by atoms with Crippen molar-refractivity contribution in [3.63, 3.8) is 0 Å². The second kappa shape index (κ2) is 7.53. The maximum Gasteiger partial charge on any atom is 0.277 e. The van der Waals surface area contributed by atoms with Crippen molar-refractivity contribution < 1.29 is 13.9 Å². The van der Waals surface area contributed by atoms with E-state index < -0.39 is 0 Å². The van der Waals surface area contributed by atoms with Gasteiger partial charge in [-0.3, -0.25) is 4.79 Å². The zero-order chi connectivity index (χ0) is 17.8. The fourth-order valence-electron chi connectivity index (χ4n) is 2.34. The molecule has 0 fully saturated rings. The summed E-state index contributed by atoms with van der Waals surface area (Å²) in [6, 6.07) is 13.1. The third kappa shape index (κ3) is 3.91. The number of para-hydroxylation sites is 1. The highest BCUT2D eigenvalue weighted by atomic mass is 32.2. The molecule has 0 saturated carbocycles. The van der Waals surface area contributed by atoms with Crippen molar-refractivity contribution in [3.05, 3.63) is 59.2 Å². The number of aromatic nitrogens is 2. The molecule has 0 bridgehead atoms. The van der Waals surface area contributed by atoms with E-state index in [9.17, 15) is 4.79 Å². The fraction of sp³-hybridized carbons (Fsp3) is 0.211. The number of aryl methyl sites for hydroxylation is 2. The Morgan fingerprint density at radius 1 is 1.12 bits per heavy atom. The summed E-state index contributed by atoms with van der Waals surface area (Å²) in [6.45, 7) is 4.09. The SMILES string of the molecule is COc1ccccc1C(=O)CSc1nnc(-c2ccc(C)c(C)c2)o1. The third-order valence-electron chi connectivity index (χ3n) is 3.89. The van der Waals surface area contributed by atoms with Crippen LogP contribution in [0.25, 0.3) is 11.5 Å². The van der Waals surface area contributed by atoms with Crippen LogP contribution in [0.15, 0.2) is 52.1 Å². The number of nitrogens with zero attached hydrogens (tertiary/aromatic N) is 2. The molecule has 5 nitrogen and oxygen atoms in total. The molecule has 1 aromatic heterocycles. The third-order valence-corrected chi connectivity index (χ3v) is 4.71. The monoisotopic (exact) mass is 354 g/mol. The zero-order valence-electron chi connectivity index (χ0n) is 14.3. The summed E-state index contributed by atoms with van der Waals surface area (Å²) in [5, 5.41) is 8.46. The lowest BCUT2D eigenvalue weighted by Gasteiger charge is -2.05. The summed E-state index contributed by atoms with van der Waals surface area (Å²) in [5.74, 6) is 1.17. The molecule has 0 aliphatic rings. The van der Waals surface area contributed by atoms with Crippen molar-refractivity contribution in [1.82, 2.24) is 10.2 Å². The van der Waals surface area contributed by atoms with E-state index in [1.807, 2.05) is 37.3 Å². The molecule has 2 aromatic carbocycles. The summed E-state index contributed by atoms with van der Waals surface area (Å²) < 4.78 is 10.9. The molecule has 0 aliphatic carbocycles. The van der Waals surface area contributed by atoms with E-state index in [1.165, 1.54) is 17.3 Å². The van der Waals surface area contributed by atoms with Gasteiger partial charge in [0.15, 0.2) is 5.78 Å². The largest absolute Gasteiger partial charge is 0.496 e. The second-order valence-electron chi connectivity index (χ2n) is 5.58. The van der Waals surface area contributed by atoms with E-state index in [0.717, 1.165) is 11.1 Å². The Morgan fingerprint density at radius 2 is 1.92 bits per heavy atom. The highest BCUT2D eigenvalue weighted by Gasteiger charge is 2.15. The van der Waals surface area contributed by atoms with E-state index in [2.05, 4.69) is 17.1 Å². The Balaban J connectivity index is 1.69. The molecular formula is C19H18N2O3S. The van der Waals surface area contributed by atoms with Crippen molar-refractivity contribution in [1.29, 1.82) is 0 Å². The van der Waals surface area contributed by atoms with Gasteiger partial charge in [0.2, 0.25) is 5.89 Å². The summed E-state index contributed by atoms with van der Waals surface area (Å²) in [5.41, 5.74) is 3.79. The Labute approximate surface area is 150 Å². The van der Waals surface area contributed by atoms with Gasteiger partial charge in [0.05, 0.1) is 18.4 Å². The normalized spacial score (nSPS) is 10.7. The lowest BCUT2D eigenvalue weighted by atomic mass is 10.1. The molecule has 3 rings (SSSR count). The summed E-state index contributed by atoms with van der Waals surface area (Å²) >= 11 is 1.22. The van der Waals surface area contributed by atoms with Gasteiger partial charge in [-0.1, -0.05) is 30.0 Å². The molecule has 0 radical (unpaired) electrons. The summed E-state index contributed by atoms with van der Waals surface area (Å²) in [6.07, 6.45) is 0. The van der Waals surface area contributed by atoms with E-state index in [4.69, 9.17) is 9.15 Å². The summed E-state index contributed by atoms with van der Waals surface area (Å²) in [7, 11) is 1.55. The average Bonchev–Trinajstić information content (AvgIpc) is 3.11. The minimum atomic E-state index is -0.0478. The minimum absolute atomic E-state index is 0.0478. The highest BCUT2D eigenvalue weighted by molar-refractivity contribution is 7.99. The van der Waals surface area contributed by atoms with Crippen LogP contribution in [0.5, 0.6) is 5.75 Å². The Morgan fingerprint density at radius 3 is 2.68 bits per heavy atom. The van der Waals surface area contributed by atoms with Crippen LogP contribution in [0.3, 0.4) is 0 Å². The van der Waals surface area contributed by atoms with Gasteiger partial charge < -0.3 is 9.15 Å². The van der Waals surface area contributed by atoms with Gasteiger partial charge in [0, 0.05) is 5.56 Å². The average molecular weight is 354 g/mol. The molecule has 25 heavy (non-hydrogen) atoms. The van der Waals surface area contributed by atoms with Crippen LogP contribution >= 0.6 is 11.8 Å². The number of carbonyl (C=O) groups is 1. The molecule has 0 spiro atoms. The number of benzene rings is 2. The molecule has 6 heteroatoms. The lowest BCUT2D eigenvalue weighted by molar-refractivity contribution is 0.101. The van der Waals surface area contributed by atoms with Gasteiger partial charge in [-0.25, -0.2) is 0 Å². The van der Waals surface area contributed by atoms with Crippen LogP contribution in [-0.2, 0) is 0 Å². The molecule has 0 saturated heterocycles. The number of rotatable bonds is 6. The van der Waals surface area contributed by atoms with Crippen LogP contribution < -0.4 is 4.74 Å². The highest BCUT2D eigenvalue weighted by Crippen LogP contribution is 2.26. The van der Waals surface area contributed by atoms with Crippen LogP contribution in [0.2, 0.25) is 0 Å². The molecule has 3 aromatic rings. The van der Waals surface area contributed by atoms with Crippen LogP contribution in [0.4, 0.5) is 0 Å². The summed E-state index contributed by atoms with van der Waals surface area (Å²) in [4.78, 5) is 12.4. The molecule has 0 atom stereocenters. The van der Waals surface area contributed by atoms with Crippen molar-refractivity contribution in [3.8, 4) is 17.2 Å². The van der Waals surface area contributed by atoms with Crippen molar-refractivity contribution in [2.45, 2.75) is 19.1 Å². The second-order valence-corrected chi connectivity index (χ2v) is 6.51. The topological polar surface area (TPSA) is 65.2 Å². The number of Topliss-reactive ketones (excluding diaryl/α,β-unsaturated/α-hetero) is 1. The predicted octanol–water partition coefficient (Wildman–Crippen LogP) is 4.34. The first-order chi connectivity index (χ1) is 12.1. The van der Waals surface area contributed by atoms with Gasteiger partial charge in [-0.15, -0.1) is 10.2 Å². The first kappa shape index (κ1) is 17.2. The predicted molar refractivity (Wildman–Crippen MR) is 97.3 cm³/mol. The molecule has 0 unspecified atom stereocenters. The smallest absolute Gasteiger partial charge is 0.277 e. The maximum absolute atomic E-state index is 12.4. The molecule has 0 amide bonds. The van der Waals surface area contributed by atoms with Crippen LogP contribution in [0, 0.1) is 13.8 Å². The Hall–Kier alpha value is -2.60. The molecule has 1 heterocycles. The van der Waals surface area contributed by atoms with Gasteiger partial charge in [0.25, 0.3) is 5.22 Å². The van der Waals surface area contributed by atoms with Gasteiger partial charge in [0.1, 0.15) is 5.75 Å².